The fourth-order valence-electron chi connectivity index (χ4n) is 0.333. The molecule has 0 nitrogen and oxygen atoms in total. The summed E-state index contributed by atoms with van der Waals surface area (Å²) in [6.07, 6.45) is 0. The summed E-state index contributed by atoms with van der Waals surface area (Å²) in [5.74, 6) is 5.45. The second-order valence-corrected chi connectivity index (χ2v) is 7.28. The molecule has 0 atom stereocenters. The number of rotatable bonds is 0. The molecule has 0 unspecified atom stereocenters. The summed E-state index contributed by atoms with van der Waals surface area (Å²) in [7, 11) is 0. The molecule has 10 heavy (non-hydrogen) atoms. The zero-order valence-corrected chi connectivity index (χ0v) is 8.61. The molecule has 0 aromatic rings. The minimum atomic E-state index is -2.59. The van der Waals surface area contributed by atoms with Crippen molar-refractivity contribution >= 4 is 40.5 Å². The van der Waals surface area contributed by atoms with Crippen LogP contribution in [-0.2, 0) is 0 Å². The van der Waals surface area contributed by atoms with Crippen LogP contribution in [0.5, 0.6) is 0 Å². The van der Waals surface area contributed by atoms with Crippen LogP contribution in [0.25, 0.3) is 0 Å². The largest absolute Gasteiger partial charge is 0.404 e. The lowest BCUT2D eigenvalue weighted by Gasteiger charge is -1.94. The van der Waals surface area contributed by atoms with Gasteiger partial charge in [-0.25, -0.2) is 0 Å². The molecule has 0 spiro atoms. The van der Waals surface area contributed by atoms with Crippen molar-refractivity contribution in [1.29, 1.82) is 0 Å². The highest BCUT2D eigenvalue weighted by Crippen LogP contribution is 2.10. The van der Waals surface area contributed by atoms with E-state index in [4.69, 9.17) is 33.8 Å². The van der Waals surface area contributed by atoms with Gasteiger partial charge in [-0.2, -0.15) is 0 Å². The zero-order chi connectivity index (χ0) is 8.04. The SMILES string of the molecule is CC#C[Si](Cl)(Cl)C#CCCl. The molecule has 0 radical (unpaired) electrons. The Bertz CT molecular complexity index is 213. The molecule has 4 heteroatoms. The van der Waals surface area contributed by atoms with Gasteiger partial charge in [0.25, 0.3) is 0 Å². The predicted molar refractivity (Wildman–Crippen MR) is 49.4 cm³/mol. The maximum absolute atomic E-state index is 5.71. The van der Waals surface area contributed by atoms with Crippen LogP contribution in [0, 0.1) is 22.9 Å². The lowest BCUT2D eigenvalue weighted by Crippen LogP contribution is -2.13. The maximum Gasteiger partial charge on any atom is 0.404 e. The molecule has 0 aliphatic carbocycles. The first-order valence-electron chi connectivity index (χ1n) is 2.50. The molecule has 0 saturated heterocycles. The minimum Gasteiger partial charge on any atom is -0.116 e. The van der Waals surface area contributed by atoms with Crippen molar-refractivity contribution in [3.63, 3.8) is 0 Å². The molecule has 0 aliphatic rings. The molecule has 0 amide bonds. The summed E-state index contributed by atoms with van der Waals surface area (Å²) in [6, 6.07) is 0. The fourth-order valence-corrected chi connectivity index (χ4v) is 2.17. The average Bonchev–Trinajstić information content (AvgIpc) is 1.84. The molecule has 54 valence electrons. The smallest absolute Gasteiger partial charge is 0.116 e. The van der Waals surface area contributed by atoms with Gasteiger partial charge in [-0.1, -0.05) is 17.0 Å². The highest BCUT2D eigenvalue weighted by molar-refractivity contribution is 7.52. The summed E-state index contributed by atoms with van der Waals surface area (Å²) >= 11 is 16.7. The van der Waals surface area contributed by atoms with E-state index in [9.17, 15) is 0 Å². The molecule has 0 aromatic heterocycles. The number of halogens is 3. The lowest BCUT2D eigenvalue weighted by atomic mass is 10.8. The molecule has 0 saturated carbocycles. The van der Waals surface area contributed by atoms with Crippen molar-refractivity contribution in [2.45, 2.75) is 6.92 Å². The highest BCUT2D eigenvalue weighted by atomic mass is 35.7. The van der Waals surface area contributed by atoms with Gasteiger partial charge in [-0.15, -0.1) is 39.7 Å². The van der Waals surface area contributed by atoms with Crippen LogP contribution >= 0.6 is 33.8 Å². The van der Waals surface area contributed by atoms with E-state index in [2.05, 4.69) is 22.9 Å². The lowest BCUT2D eigenvalue weighted by molar-refractivity contribution is 1.92. The Balaban J connectivity index is 4.21. The van der Waals surface area contributed by atoms with Crippen molar-refractivity contribution in [1.82, 2.24) is 0 Å². The van der Waals surface area contributed by atoms with E-state index in [-0.39, 0.29) is 5.88 Å². The highest BCUT2D eigenvalue weighted by Gasteiger charge is 2.21. The topological polar surface area (TPSA) is 0 Å². The van der Waals surface area contributed by atoms with E-state index in [1.165, 1.54) is 0 Å². The van der Waals surface area contributed by atoms with Gasteiger partial charge in [0.1, 0.15) is 0 Å². The van der Waals surface area contributed by atoms with E-state index >= 15 is 0 Å². The molecule has 0 aromatic carbocycles. The Morgan fingerprint density at radius 2 is 1.90 bits per heavy atom. The second kappa shape index (κ2) is 4.94. The first-order valence-corrected chi connectivity index (χ1v) is 7.06. The van der Waals surface area contributed by atoms with Crippen molar-refractivity contribution < 1.29 is 0 Å². The zero-order valence-electron chi connectivity index (χ0n) is 5.34. The van der Waals surface area contributed by atoms with E-state index in [0.717, 1.165) is 0 Å². The summed E-state index contributed by atoms with van der Waals surface area (Å²) < 4.78 is 0. The monoisotopic (exact) mass is 210 g/mol. The van der Waals surface area contributed by atoms with E-state index in [1.807, 2.05) is 0 Å². The van der Waals surface area contributed by atoms with Crippen LogP contribution in [0.1, 0.15) is 6.92 Å². The first-order chi connectivity index (χ1) is 4.62. The Morgan fingerprint density at radius 3 is 2.30 bits per heavy atom. The summed E-state index contributed by atoms with van der Waals surface area (Å²) in [6.45, 7) is -0.911. The normalized spacial score (nSPS) is 8.80. The van der Waals surface area contributed by atoms with Crippen molar-refractivity contribution in [3.8, 4) is 22.9 Å². The second-order valence-electron chi connectivity index (χ2n) is 1.38. The van der Waals surface area contributed by atoms with Gasteiger partial charge in [0.05, 0.1) is 5.88 Å². The van der Waals surface area contributed by atoms with Crippen LogP contribution in [0.3, 0.4) is 0 Å². The van der Waals surface area contributed by atoms with Gasteiger partial charge in [0, 0.05) is 0 Å². The molecule has 0 aliphatic heterocycles. The van der Waals surface area contributed by atoms with Gasteiger partial charge in [0.15, 0.2) is 0 Å². The summed E-state index contributed by atoms with van der Waals surface area (Å²) in [5, 5.41) is 0. The van der Waals surface area contributed by atoms with Gasteiger partial charge >= 0.3 is 6.69 Å². The summed E-state index contributed by atoms with van der Waals surface area (Å²) in [5.41, 5.74) is 5.27. The Hall–Kier alpha value is 0.207. The van der Waals surface area contributed by atoms with E-state index in [1.54, 1.807) is 6.92 Å². The van der Waals surface area contributed by atoms with Crippen LogP contribution in [0.2, 0.25) is 0 Å². The van der Waals surface area contributed by atoms with Crippen molar-refractivity contribution in [3.05, 3.63) is 0 Å². The molecule has 0 N–H and O–H groups in total. The third-order valence-corrected chi connectivity index (χ3v) is 2.92. The average molecular weight is 212 g/mol. The third-order valence-electron chi connectivity index (χ3n) is 0.594. The Kier molecular flexibility index (Phi) is 5.04. The standard InChI is InChI=1S/C6H5Cl3Si/c1-2-5-10(8,9)6-3-4-7/h4H2,1H3. The van der Waals surface area contributed by atoms with Crippen LogP contribution in [0.4, 0.5) is 0 Å². The first kappa shape index (κ1) is 10.2. The molecular formula is C6H5Cl3Si. The molecule has 0 bridgehead atoms. The van der Waals surface area contributed by atoms with Crippen LogP contribution in [0.15, 0.2) is 0 Å². The van der Waals surface area contributed by atoms with Crippen LogP contribution in [-0.4, -0.2) is 12.6 Å². The van der Waals surface area contributed by atoms with Crippen molar-refractivity contribution in [2.75, 3.05) is 5.88 Å². The van der Waals surface area contributed by atoms with Crippen molar-refractivity contribution in [2.24, 2.45) is 0 Å². The van der Waals surface area contributed by atoms with Gasteiger partial charge < -0.3 is 0 Å². The van der Waals surface area contributed by atoms with Gasteiger partial charge in [-0.3, -0.25) is 0 Å². The minimum absolute atomic E-state index is 0.250. The number of hydrogen-bond acceptors (Lipinski definition) is 0. The molecule has 0 fully saturated rings. The quantitative estimate of drug-likeness (QED) is 0.250. The van der Waals surface area contributed by atoms with E-state index < -0.39 is 6.69 Å². The van der Waals surface area contributed by atoms with Gasteiger partial charge in [-0.05, 0) is 6.92 Å². The molecule has 0 rings (SSSR count). The number of alkyl halides is 1. The molecular weight excluding hydrogens is 207 g/mol. The Morgan fingerprint density at radius 1 is 1.30 bits per heavy atom. The number of hydrogen-bond donors (Lipinski definition) is 0. The fraction of sp³-hybridized carbons (Fsp3) is 0.333. The van der Waals surface area contributed by atoms with Gasteiger partial charge in [0.2, 0.25) is 0 Å². The Labute approximate surface area is 76.3 Å². The predicted octanol–water partition coefficient (Wildman–Crippen LogP) is 2.25. The third kappa shape index (κ3) is 5.03. The maximum atomic E-state index is 5.71. The van der Waals surface area contributed by atoms with Crippen LogP contribution < -0.4 is 0 Å². The summed E-state index contributed by atoms with van der Waals surface area (Å²) in [4.78, 5) is 0. The van der Waals surface area contributed by atoms with E-state index in [0.29, 0.717) is 0 Å². The molecule has 0 heterocycles.